The molecule has 0 saturated heterocycles. The van der Waals surface area contributed by atoms with E-state index in [-0.39, 0.29) is 24.4 Å². The summed E-state index contributed by atoms with van der Waals surface area (Å²) in [6, 6.07) is -0.167. The van der Waals surface area contributed by atoms with Crippen LogP contribution in [0.3, 0.4) is 0 Å². The highest BCUT2D eigenvalue weighted by atomic mass is 35.5. The number of aromatic nitrogens is 2. The number of rotatable bonds is 5. The lowest BCUT2D eigenvalue weighted by atomic mass is 10.2. The van der Waals surface area contributed by atoms with Crippen LogP contribution >= 0.6 is 12.4 Å². The Labute approximate surface area is 109 Å². The Hall–Kier alpha value is -1.07. The first kappa shape index (κ1) is 15.9. The zero-order valence-corrected chi connectivity index (χ0v) is 11.6. The number of carbonyl (C=O) groups is 1. The monoisotopic (exact) mass is 260 g/mol. The van der Waals surface area contributed by atoms with E-state index in [9.17, 15) is 4.79 Å². The van der Waals surface area contributed by atoms with Crippen LogP contribution in [0.25, 0.3) is 0 Å². The van der Waals surface area contributed by atoms with Gasteiger partial charge in [0.1, 0.15) is 0 Å². The summed E-state index contributed by atoms with van der Waals surface area (Å²) in [7, 11) is 3.52. The average Bonchev–Trinajstić information content (AvgIpc) is 2.72. The van der Waals surface area contributed by atoms with Crippen molar-refractivity contribution in [2.45, 2.75) is 33.0 Å². The molecule has 1 aromatic rings. The molecule has 1 aromatic heterocycles. The van der Waals surface area contributed by atoms with Crippen LogP contribution in [-0.4, -0.2) is 40.7 Å². The summed E-state index contributed by atoms with van der Waals surface area (Å²) >= 11 is 0. The molecule has 0 saturated carbocycles. The second-order valence-corrected chi connectivity index (χ2v) is 4.04. The van der Waals surface area contributed by atoms with Gasteiger partial charge in [0.05, 0.1) is 12.2 Å². The zero-order valence-electron chi connectivity index (χ0n) is 10.8. The Kier molecular flexibility index (Phi) is 6.83. The number of likely N-dealkylation sites (N-methyl/N-ethyl adjacent to an activating group) is 1. The van der Waals surface area contributed by atoms with E-state index in [4.69, 9.17) is 0 Å². The van der Waals surface area contributed by atoms with Crippen molar-refractivity contribution in [1.29, 1.82) is 0 Å². The molecule has 0 aromatic carbocycles. The van der Waals surface area contributed by atoms with Crippen molar-refractivity contribution in [2.75, 3.05) is 14.1 Å². The quantitative estimate of drug-likeness (QED) is 0.856. The van der Waals surface area contributed by atoms with Crippen molar-refractivity contribution < 1.29 is 4.79 Å². The van der Waals surface area contributed by atoms with Crippen LogP contribution in [0.2, 0.25) is 0 Å². The molecule has 0 fully saturated rings. The minimum atomic E-state index is -0.167. The first-order valence-corrected chi connectivity index (χ1v) is 5.50. The van der Waals surface area contributed by atoms with E-state index >= 15 is 0 Å². The van der Waals surface area contributed by atoms with Gasteiger partial charge in [-0.25, -0.2) is 0 Å². The van der Waals surface area contributed by atoms with E-state index in [2.05, 4.69) is 10.4 Å². The van der Waals surface area contributed by atoms with Gasteiger partial charge in [0.25, 0.3) is 0 Å². The fourth-order valence-corrected chi connectivity index (χ4v) is 1.42. The summed E-state index contributed by atoms with van der Waals surface area (Å²) in [4.78, 5) is 13.2. The second-order valence-electron chi connectivity index (χ2n) is 4.04. The summed E-state index contributed by atoms with van der Waals surface area (Å²) < 4.78 is 1.87. The number of hydrogen-bond acceptors (Lipinski definition) is 3. The van der Waals surface area contributed by atoms with Gasteiger partial charge >= 0.3 is 0 Å². The van der Waals surface area contributed by atoms with Gasteiger partial charge in [0, 0.05) is 38.9 Å². The third-order valence-corrected chi connectivity index (χ3v) is 2.43. The lowest BCUT2D eigenvalue weighted by Crippen LogP contribution is -2.41. The van der Waals surface area contributed by atoms with Crippen LogP contribution in [0.15, 0.2) is 12.4 Å². The Morgan fingerprint density at radius 1 is 1.59 bits per heavy atom. The molecule has 17 heavy (non-hydrogen) atoms. The molecule has 0 aliphatic heterocycles. The molecule has 1 rings (SSSR count). The Morgan fingerprint density at radius 3 is 2.71 bits per heavy atom. The lowest BCUT2D eigenvalue weighted by molar-refractivity contribution is -0.130. The number of nitrogens with one attached hydrogen (secondary N) is 1. The molecule has 0 spiro atoms. The van der Waals surface area contributed by atoms with Crippen LogP contribution < -0.4 is 5.32 Å². The normalized spacial score (nSPS) is 11.8. The van der Waals surface area contributed by atoms with E-state index < -0.39 is 0 Å². The van der Waals surface area contributed by atoms with Crippen LogP contribution in [0.1, 0.15) is 19.4 Å². The maximum absolute atomic E-state index is 11.6. The molecule has 0 aliphatic carbocycles. The lowest BCUT2D eigenvalue weighted by Gasteiger charge is -2.17. The maximum Gasteiger partial charge on any atom is 0.238 e. The highest BCUT2D eigenvalue weighted by molar-refractivity contribution is 5.85. The van der Waals surface area contributed by atoms with Gasteiger partial charge in [0.2, 0.25) is 5.91 Å². The molecule has 1 N–H and O–H groups in total. The van der Waals surface area contributed by atoms with Crippen molar-refractivity contribution in [2.24, 2.45) is 0 Å². The van der Waals surface area contributed by atoms with Crippen molar-refractivity contribution >= 4 is 18.3 Å². The van der Waals surface area contributed by atoms with Gasteiger partial charge in [-0.2, -0.15) is 5.10 Å². The Bertz CT molecular complexity index is 351. The fraction of sp³-hybridized carbons (Fsp3) is 0.636. The zero-order chi connectivity index (χ0) is 12.1. The van der Waals surface area contributed by atoms with Gasteiger partial charge in [0.15, 0.2) is 0 Å². The van der Waals surface area contributed by atoms with E-state index in [1.807, 2.05) is 30.9 Å². The number of amides is 1. The number of halogens is 1. The highest BCUT2D eigenvalue weighted by Gasteiger charge is 2.13. The Morgan fingerprint density at radius 2 is 2.24 bits per heavy atom. The molecule has 5 nitrogen and oxygen atoms in total. The predicted molar refractivity (Wildman–Crippen MR) is 70.1 cm³/mol. The predicted octanol–water partition coefficient (Wildman–Crippen LogP) is 0.891. The van der Waals surface area contributed by atoms with Crippen molar-refractivity contribution in [3.63, 3.8) is 0 Å². The SMILES string of the molecule is CCn1cc(CN[C@H](C)C(=O)N(C)C)cn1.Cl. The van der Waals surface area contributed by atoms with Gasteiger partial charge < -0.3 is 10.2 Å². The molecule has 1 amide bonds. The van der Waals surface area contributed by atoms with Crippen molar-refractivity contribution in [3.8, 4) is 0 Å². The summed E-state index contributed by atoms with van der Waals surface area (Å²) in [6.45, 7) is 5.45. The molecule has 1 atom stereocenters. The molecule has 0 radical (unpaired) electrons. The largest absolute Gasteiger partial charge is 0.347 e. The topological polar surface area (TPSA) is 50.2 Å². The van der Waals surface area contributed by atoms with Gasteiger partial charge in [-0.3, -0.25) is 9.48 Å². The van der Waals surface area contributed by atoms with Crippen LogP contribution in [0.4, 0.5) is 0 Å². The minimum absolute atomic E-state index is 0. The average molecular weight is 261 g/mol. The summed E-state index contributed by atoms with van der Waals surface area (Å²) in [6.07, 6.45) is 3.81. The fourth-order valence-electron chi connectivity index (χ4n) is 1.42. The summed E-state index contributed by atoms with van der Waals surface area (Å²) in [5.74, 6) is 0.0860. The minimum Gasteiger partial charge on any atom is -0.347 e. The van der Waals surface area contributed by atoms with Gasteiger partial charge in [-0.05, 0) is 13.8 Å². The van der Waals surface area contributed by atoms with Crippen molar-refractivity contribution in [1.82, 2.24) is 20.0 Å². The Balaban J connectivity index is 0.00000256. The number of nitrogens with zero attached hydrogens (tertiary/aromatic N) is 3. The van der Waals surface area contributed by atoms with E-state index in [1.54, 1.807) is 19.0 Å². The molecule has 6 heteroatoms. The third kappa shape index (κ3) is 4.75. The molecule has 1 heterocycles. The number of carbonyl (C=O) groups excluding carboxylic acids is 1. The van der Waals surface area contributed by atoms with Gasteiger partial charge in [-0.15, -0.1) is 12.4 Å². The van der Waals surface area contributed by atoms with E-state index in [0.717, 1.165) is 12.1 Å². The molecular weight excluding hydrogens is 240 g/mol. The third-order valence-electron chi connectivity index (χ3n) is 2.43. The van der Waals surface area contributed by atoms with Crippen LogP contribution in [0.5, 0.6) is 0 Å². The van der Waals surface area contributed by atoms with Crippen LogP contribution in [-0.2, 0) is 17.9 Å². The highest BCUT2D eigenvalue weighted by Crippen LogP contribution is 1.98. The smallest absolute Gasteiger partial charge is 0.238 e. The molecule has 0 aliphatic rings. The summed E-state index contributed by atoms with van der Waals surface area (Å²) in [5.41, 5.74) is 1.10. The van der Waals surface area contributed by atoms with Gasteiger partial charge in [-0.1, -0.05) is 0 Å². The van der Waals surface area contributed by atoms with Crippen molar-refractivity contribution in [3.05, 3.63) is 18.0 Å². The standard InChI is InChI=1S/C11H20N4O.ClH/c1-5-15-8-10(7-13-15)6-12-9(2)11(16)14(3)4;/h7-9,12H,5-6H2,1-4H3;1H/t9-;/m1./s1. The summed E-state index contributed by atoms with van der Waals surface area (Å²) in [5, 5.41) is 7.35. The number of aryl methyl sites for hydroxylation is 1. The maximum atomic E-state index is 11.6. The van der Waals surface area contributed by atoms with E-state index in [1.165, 1.54) is 0 Å². The number of hydrogen-bond donors (Lipinski definition) is 1. The first-order valence-electron chi connectivity index (χ1n) is 5.50. The molecule has 98 valence electrons. The first-order chi connectivity index (χ1) is 7.54. The second kappa shape index (κ2) is 7.29. The van der Waals surface area contributed by atoms with E-state index in [0.29, 0.717) is 6.54 Å². The molecular formula is C11H21ClN4O. The van der Waals surface area contributed by atoms with Crippen LogP contribution in [0, 0.1) is 0 Å². The molecule has 0 unspecified atom stereocenters. The molecule has 0 bridgehead atoms.